The average molecular weight is 253 g/mol. The summed E-state index contributed by atoms with van der Waals surface area (Å²) in [7, 11) is 1.74. The van der Waals surface area contributed by atoms with Crippen molar-refractivity contribution in [2.75, 3.05) is 13.6 Å². The second-order valence-electron chi connectivity index (χ2n) is 5.37. The standard InChI is InChI=1S/C14H23NO3/c1-3-9-15(2)12(16)10-14(11-13(17)18)7-5-4-6-8-14/h3H,1,4-11H2,2H3,(H,17,18). The Hall–Kier alpha value is -1.32. The van der Waals surface area contributed by atoms with E-state index in [2.05, 4.69) is 6.58 Å². The number of hydrogen-bond donors (Lipinski definition) is 1. The first-order chi connectivity index (χ1) is 8.49. The van der Waals surface area contributed by atoms with Gasteiger partial charge in [-0.15, -0.1) is 6.58 Å². The number of amides is 1. The minimum Gasteiger partial charge on any atom is -0.481 e. The quantitative estimate of drug-likeness (QED) is 0.740. The minimum atomic E-state index is -0.795. The molecule has 1 amide bonds. The number of carboxylic acids is 1. The molecule has 0 aromatic carbocycles. The van der Waals surface area contributed by atoms with Crippen LogP contribution in [0.3, 0.4) is 0 Å². The Labute approximate surface area is 109 Å². The molecule has 0 atom stereocenters. The van der Waals surface area contributed by atoms with Gasteiger partial charge in [0, 0.05) is 20.0 Å². The predicted octanol–water partition coefficient (Wildman–Crippen LogP) is 2.45. The zero-order valence-corrected chi connectivity index (χ0v) is 11.2. The first-order valence-electron chi connectivity index (χ1n) is 6.56. The second kappa shape index (κ2) is 6.57. The number of carbonyl (C=O) groups excluding carboxylic acids is 1. The molecule has 0 heterocycles. The molecule has 0 aromatic rings. The van der Waals surface area contributed by atoms with Gasteiger partial charge in [-0.1, -0.05) is 25.3 Å². The van der Waals surface area contributed by atoms with Gasteiger partial charge in [-0.3, -0.25) is 9.59 Å². The van der Waals surface area contributed by atoms with E-state index in [0.29, 0.717) is 13.0 Å². The maximum Gasteiger partial charge on any atom is 0.303 e. The van der Waals surface area contributed by atoms with E-state index in [-0.39, 0.29) is 17.7 Å². The van der Waals surface area contributed by atoms with Gasteiger partial charge >= 0.3 is 5.97 Å². The molecule has 0 aromatic heterocycles. The highest BCUT2D eigenvalue weighted by molar-refractivity contribution is 5.78. The van der Waals surface area contributed by atoms with E-state index in [1.165, 1.54) is 0 Å². The molecular formula is C14H23NO3. The number of aliphatic carboxylic acids is 1. The largest absolute Gasteiger partial charge is 0.481 e. The number of rotatable bonds is 6. The lowest BCUT2D eigenvalue weighted by Crippen LogP contribution is -2.36. The number of nitrogens with zero attached hydrogens (tertiary/aromatic N) is 1. The molecule has 1 aliphatic carbocycles. The average Bonchev–Trinajstić information content (AvgIpc) is 2.29. The van der Waals surface area contributed by atoms with Crippen LogP contribution in [0.15, 0.2) is 12.7 Å². The van der Waals surface area contributed by atoms with Crippen molar-refractivity contribution in [1.29, 1.82) is 0 Å². The van der Waals surface area contributed by atoms with Crippen LogP contribution in [-0.2, 0) is 9.59 Å². The van der Waals surface area contributed by atoms with Crippen molar-refractivity contribution >= 4 is 11.9 Å². The summed E-state index contributed by atoms with van der Waals surface area (Å²) in [6.45, 7) is 4.12. The summed E-state index contributed by atoms with van der Waals surface area (Å²) in [5, 5.41) is 9.04. The molecule has 0 radical (unpaired) electrons. The molecule has 0 spiro atoms. The number of carboxylic acid groups (broad SMARTS) is 1. The highest BCUT2D eigenvalue weighted by atomic mass is 16.4. The Morgan fingerprint density at radius 3 is 2.39 bits per heavy atom. The van der Waals surface area contributed by atoms with E-state index in [9.17, 15) is 9.59 Å². The summed E-state index contributed by atoms with van der Waals surface area (Å²) < 4.78 is 0. The van der Waals surface area contributed by atoms with Crippen LogP contribution >= 0.6 is 0 Å². The zero-order chi connectivity index (χ0) is 13.6. The molecule has 1 fully saturated rings. The first-order valence-corrected chi connectivity index (χ1v) is 6.56. The maximum absolute atomic E-state index is 12.1. The van der Waals surface area contributed by atoms with E-state index in [4.69, 9.17) is 5.11 Å². The second-order valence-corrected chi connectivity index (χ2v) is 5.37. The Morgan fingerprint density at radius 2 is 1.89 bits per heavy atom. The molecule has 0 unspecified atom stereocenters. The van der Waals surface area contributed by atoms with Gasteiger partial charge in [0.25, 0.3) is 0 Å². The normalized spacial score (nSPS) is 18.1. The highest BCUT2D eigenvalue weighted by Crippen LogP contribution is 2.42. The van der Waals surface area contributed by atoms with Gasteiger partial charge in [0.05, 0.1) is 6.42 Å². The third-order valence-electron chi connectivity index (χ3n) is 3.80. The summed E-state index contributed by atoms with van der Waals surface area (Å²) in [5.41, 5.74) is -0.323. The van der Waals surface area contributed by atoms with E-state index < -0.39 is 5.97 Å². The molecule has 0 bridgehead atoms. The van der Waals surface area contributed by atoms with Gasteiger partial charge in [0.1, 0.15) is 0 Å². The molecule has 1 rings (SSSR count). The van der Waals surface area contributed by atoms with Crippen LogP contribution in [-0.4, -0.2) is 35.5 Å². The van der Waals surface area contributed by atoms with Crippen molar-refractivity contribution in [3.05, 3.63) is 12.7 Å². The highest BCUT2D eigenvalue weighted by Gasteiger charge is 2.36. The monoisotopic (exact) mass is 253 g/mol. The van der Waals surface area contributed by atoms with Crippen molar-refractivity contribution in [2.45, 2.75) is 44.9 Å². The summed E-state index contributed by atoms with van der Waals surface area (Å²) in [6, 6.07) is 0. The fraction of sp³-hybridized carbons (Fsp3) is 0.714. The van der Waals surface area contributed by atoms with Gasteiger partial charge in [0.15, 0.2) is 0 Å². The maximum atomic E-state index is 12.1. The van der Waals surface area contributed by atoms with Crippen LogP contribution in [0.1, 0.15) is 44.9 Å². The summed E-state index contributed by atoms with van der Waals surface area (Å²) in [6.07, 6.45) is 7.07. The minimum absolute atomic E-state index is 0.0260. The fourth-order valence-corrected chi connectivity index (χ4v) is 2.79. The molecule has 1 N–H and O–H groups in total. The van der Waals surface area contributed by atoms with Crippen molar-refractivity contribution in [3.63, 3.8) is 0 Å². The van der Waals surface area contributed by atoms with E-state index in [0.717, 1.165) is 32.1 Å². The van der Waals surface area contributed by atoms with Gasteiger partial charge in [-0.2, -0.15) is 0 Å². The van der Waals surface area contributed by atoms with Gasteiger partial charge in [-0.25, -0.2) is 0 Å². The number of carbonyl (C=O) groups is 2. The summed E-state index contributed by atoms with van der Waals surface area (Å²) in [5.74, 6) is -0.769. The van der Waals surface area contributed by atoms with Crippen LogP contribution in [0, 0.1) is 5.41 Å². The summed E-state index contributed by atoms with van der Waals surface area (Å²) in [4.78, 5) is 24.7. The predicted molar refractivity (Wildman–Crippen MR) is 70.2 cm³/mol. The molecule has 4 heteroatoms. The number of likely N-dealkylation sites (N-methyl/N-ethyl adjacent to an activating group) is 1. The Morgan fingerprint density at radius 1 is 1.28 bits per heavy atom. The van der Waals surface area contributed by atoms with E-state index >= 15 is 0 Å². The molecule has 0 aliphatic heterocycles. The SMILES string of the molecule is C=CCN(C)C(=O)CC1(CC(=O)O)CCCCC1. The zero-order valence-electron chi connectivity index (χ0n) is 11.2. The number of hydrogen-bond acceptors (Lipinski definition) is 2. The lowest BCUT2D eigenvalue weighted by molar-refractivity contribution is -0.142. The van der Waals surface area contributed by atoms with Crippen LogP contribution in [0.4, 0.5) is 0 Å². The van der Waals surface area contributed by atoms with E-state index in [1.54, 1.807) is 18.0 Å². The Balaban J connectivity index is 2.68. The molecule has 102 valence electrons. The first kappa shape index (κ1) is 14.7. The molecule has 18 heavy (non-hydrogen) atoms. The van der Waals surface area contributed by atoms with Crippen LogP contribution in [0.2, 0.25) is 0 Å². The lowest BCUT2D eigenvalue weighted by atomic mass is 9.69. The Kier molecular flexibility index (Phi) is 5.38. The smallest absolute Gasteiger partial charge is 0.303 e. The van der Waals surface area contributed by atoms with Gasteiger partial charge < -0.3 is 10.0 Å². The van der Waals surface area contributed by atoms with Crippen molar-refractivity contribution in [1.82, 2.24) is 4.90 Å². The third kappa shape index (κ3) is 4.17. The van der Waals surface area contributed by atoms with Crippen molar-refractivity contribution in [2.24, 2.45) is 5.41 Å². The summed E-state index contributed by atoms with van der Waals surface area (Å²) >= 11 is 0. The molecule has 1 aliphatic rings. The lowest BCUT2D eigenvalue weighted by Gasteiger charge is -2.36. The van der Waals surface area contributed by atoms with Crippen molar-refractivity contribution < 1.29 is 14.7 Å². The Bertz CT molecular complexity index is 319. The van der Waals surface area contributed by atoms with Crippen LogP contribution in [0.25, 0.3) is 0 Å². The molecule has 4 nitrogen and oxygen atoms in total. The third-order valence-corrected chi connectivity index (χ3v) is 3.80. The van der Waals surface area contributed by atoms with Gasteiger partial charge in [-0.05, 0) is 18.3 Å². The molecule has 1 saturated carbocycles. The van der Waals surface area contributed by atoms with Crippen LogP contribution < -0.4 is 0 Å². The van der Waals surface area contributed by atoms with Crippen LogP contribution in [0.5, 0.6) is 0 Å². The van der Waals surface area contributed by atoms with E-state index in [1.807, 2.05) is 0 Å². The molecule has 0 saturated heterocycles. The topological polar surface area (TPSA) is 57.6 Å². The fourth-order valence-electron chi connectivity index (χ4n) is 2.79. The molecular weight excluding hydrogens is 230 g/mol. The van der Waals surface area contributed by atoms with Crippen molar-refractivity contribution in [3.8, 4) is 0 Å². The van der Waals surface area contributed by atoms with Gasteiger partial charge in [0.2, 0.25) is 5.91 Å².